The van der Waals surface area contributed by atoms with Crippen LogP contribution in [0.4, 0.5) is 0 Å². The Morgan fingerprint density at radius 2 is 1.55 bits per heavy atom. The van der Waals surface area contributed by atoms with E-state index in [9.17, 15) is 19.8 Å². The number of aliphatic carboxylic acids is 2. The van der Waals surface area contributed by atoms with Gasteiger partial charge in [-0.1, -0.05) is 33.6 Å². The van der Waals surface area contributed by atoms with Crippen LogP contribution < -0.4 is 0 Å². The minimum atomic E-state index is -1.60. The summed E-state index contributed by atoms with van der Waals surface area (Å²) in [6, 6.07) is 0. The van der Waals surface area contributed by atoms with Crippen molar-refractivity contribution in [2.45, 2.75) is 52.5 Å². The Morgan fingerprint density at radius 1 is 1.10 bits per heavy atom. The maximum absolute atomic E-state index is 12.0. The molecule has 2 N–H and O–H groups in total. The first kappa shape index (κ1) is 18.5. The number of carbonyl (C=O) groups is 2. The lowest BCUT2D eigenvalue weighted by Gasteiger charge is -2.49. The third-order valence-electron chi connectivity index (χ3n) is 4.37. The second kappa shape index (κ2) is 7.30. The van der Waals surface area contributed by atoms with Crippen molar-refractivity contribution in [1.82, 2.24) is 4.90 Å². The highest BCUT2D eigenvalue weighted by molar-refractivity contribution is 5.86. The molecule has 20 heavy (non-hydrogen) atoms. The molecule has 0 amide bonds. The molecule has 5 heteroatoms. The van der Waals surface area contributed by atoms with Crippen molar-refractivity contribution >= 4 is 11.9 Å². The third kappa shape index (κ3) is 2.80. The van der Waals surface area contributed by atoms with Gasteiger partial charge in [0.25, 0.3) is 0 Å². The SMILES string of the molecule is C#CC(C(=O)O)(N(CC)CC)C(CC)(CC)CC(=O)O. The second-order valence-electron chi connectivity index (χ2n) is 4.89. The van der Waals surface area contributed by atoms with Gasteiger partial charge in [-0.25, -0.2) is 4.79 Å². The van der Waals surface area contributed by atoms with Crippen LogP contribution in [-0.4, -0.2) is 45.7 Å². The first-order valence-corrected chi connectivity index (χ1v) is 6.99. The molecule has 0 bridgehead atoms. The van der Waals surface area contributed by atoms with Crippen molar-refractivity contribution in [3.63, 3.8) is 0 Å². The van der Waals surface area contributed by atoms with Crippen LogP contribution in [0.15, 0.2) is 0 Å². The van der Waals surface area contributed by atoms with Gasteiger partial charge in [-0.15, -0.1) is 6.42 Å². The Kier molecular flexibility index (Phi) is 6.74. The average Bonchev–Trinajstić information content (AvgIpc) is 2.41. The summed E-state index contributed by atoms with van der Waals surface area (Å²) in [5.41, 5.74) is -2.59. The zero-order valence-electron chi connectivity index (χ0n) is 12.8. The van der Waals surface area contributed by atoms with Crippen molar-refractivity contribution in [2.24, 2.45) is 5.41 Å². The Labute approximate surface area is 121 Å². The van der Waals surface area contributed by atoms with Gasteiger partial charge in [0.2, 0.25) is 0 Å². The molecule has 0 saturated heterocycles. The van der Waals surface area contributed by atoms with Crippen LogP contribution in [0.5, 0.6) is 0 Å². The summed E-state index contributed by atoms with van der Waals surface area (Å²) >= 11 is 0. The first-order valence-electron chi connectivity index (χ1n) is 6.99. The van der Waals surface area contributed by atoms with Crippen molar-refractivity contribution in [3.05, 3.63) is 0 Å². The largest absolute Gasteiger partial charge is 0.481 e. The highest BCUT2D eigenvalue weighted by Gasteiger charge is 2.57. The summed E-state index contributed by atoms with van der Waals surface area (Å²) < 4.78 is 0. The van der Waals surface area contributed by atoms with Crippen molar-refractivity contribution < 1.29 is 19.8 Å². The van der Waals surface area contributed by atoms with E-state index in [1.165, 1.54) is 0 Å². The Morgan fingerprint density at radius 3 is 1.75 bits per heavy atom. The summed E-state index contributed by atoms with van der Waals surface area (Å²) in [4.78, 5) is 24.9. The van der Waals surface area contributed by atoms with E-state index >= 15 is 0 Å². The van der Waals surface area contributed by atoms with Gasteiger partial charge in [0.05, 0.1) is 6.42 Å². The van der Waals surface area contributed by atoms with E-state index in [1.807, 2.05) is 13.8 Å². The topological polar surface area (TPSA) is 77.8 Å². The Bertz CT molecular complexity index is 391. The van der Waals surface area contributed by atoms with Crippen LogP contribution >= 0.6 is 0 Å². The molecule has 0 aromatic rings. The van der Waals surface area contributed by atoms with E-state index < -0.39 is 22.9 Å². The van der Waals surface area contributed by atoms with Crippen LogP contribution in [0.2, 0.25) is 0 Å². The summed E-state index contributed by atoms with van der Waals surface area (Å²) in [5.74, 6) is 0.257. The highest BCUT2D eigenvalue weighted by Crippen LogP contribution is 2.45. The highest BCUT2D eigenvalue weighted by atomic mass is 16.4. The minimum absolute atomic E-state index is 0.257. The van der Waals surface area contributed by atoms with E-state index in [2.05, 4.69) is 5.92 Å². The lowest BCUT2D eigenvalue weighted by Crippen LogP contribution is -2.64. The number of hydrogen-bond acceptors (Lipinski definition) is 3. The van der Waals surface area contributed by atoms with Crippen LogP contribution in [0, 0.1) is 17.8 Å². The van der Waals surface area contributed by atoms with Crippen LogP contribution in [0.25, 0.3) is 0 Å². The van der Waals surface area contributed by atoms with Gasteiger partial charge < -0.3 is 10.2 Å². The standard InChI is InChI=1S/C15H25NO4/c1-6-14(7-2,11-12(17)18)15(8-3,13(19)20)16(9-4)10-5/h3H,6-7,9-11H2,1-2,4-5H3,(H,17,18)(H,19,20). The van der Waals surface area contributed by atoms with E-state index in [0.29, 0.717) is 25.9 Å². The molecule has 0 aliphatic rings. The molecular formula is C15H25NO4. The normalized spacial score (nSPS) is 14.6. The average molecular weight is 283 g/mol. The molecule has 0 aromatic carbocycles. The molecule has 0 aliphatic carbocycles. The van der Waals surface area contributed by atoms with Gasteiger partial charge in [-0.2, -0.15) is 0 Å². The fourth-order valence-corrected chi connectivity index (χ4v) is 3.13. The predicted octanol–water partition coefficient (Wildman–Crippen LogP) is 2.07. The molecule has 0 spiro atoms. The molecule has 0 heterocycles. The maximum Gasteiger partial charge on any atom is 0.337 e. The number of carboxylic acids is 2. The third-order valence-corrected chi connectivity index (χ3v) is 4.37. The second-order valence-corrected chi connectivity index (χ2v) is 4.89. The molecule has 0 aromatic heterocycles. The van der Waals surface area contributed by atoms with Gasteiger partial charge in [0, 0.05) is 5.41 Å². The van der Waals surface area contributed by atoms with Crippen molar-refractivity contribution in [2.75, 3.05) is 13.1 Å². The molecule has 114 valence electrons. The summed E-state index contributed by atoms with van der Waals surface area (Å²) in [6.07, 6.45) is 6.13. The Balaban J connectivity index is 6.24. The fourth-order valence-electron chi connectivity index (χ4n) is 3.13. The zero-order chi connectivity index (χ0) is 16.0. The van der Waals surface area contributed by atoms with E-state index in [1.54, 1.807) is 18.7 Å². The molecule has 0 aliphatic heterocycles. The first-order chi connectivity index (χ1) is 9.31. The summed E-state index contributed by atoms with van der Waals surface area (Å²) in [5, 5.41) is 19.0. The monoisotopic (exact) mass is 283 g/mol. The maximum atomic E-state index is 12.0. The molecule has 0 radical (unpaired) electrons. The van der Waals surface area contributed by atoms with Crippen LogP contribution in [0.1, 0.15) is 47.0 Å². The fraction of sp³-hybridized carbons (Fsp3) is 0.733. The molecule has 5 nitrogen and oxygen atoms in total. The van der Waals surface area contributed by atoms with Gasteiger partial charge in [0.15, 0.2) is 5.54 Å². The summed E-state index contributed by atoms with van der Waals surface area (Å²) in [7, 11) is 0. The molecule has 0 fully saturated rings. The zero-order valence-corrected chi connectivity index (χ0v) is 12.8. The van der Waals surface area contributed by atoms with Crippen molar-refractivity contribution in [1.29, 1.82) is 0 Å². The van der Waals surface area contributed by atoms with Crippen LogP contribution in [0.3, 0.4) is 0 Å². The number of nitrogens with zero attached hydrogens (tertiary/aromatic N) is 1. The van der Waals surface area contributed by atoms with Gasteiger partial charge >= 0.3 is 11.9 Å². The molecule has 0 saturated carbocycles. The molecular weight excluding hydrogens is 258 g/mol. The minimum Gasteiger partial charge on any atom is -0.481 e. The van der Waals surface area contributed by atoms with E-state index in [4.69, 9.17) is 6.42 Å². The Hall–Kier alpha value is -1.54. The number of likely N-dealkylation sites (N-methyl/N-ethyl adjacent to an activating group) is 1. The van der Waals surface area contributed by atoms with E-state index in [-0.39, 0.29) is 6.42 Å². The lowest BCUT2D eigenvalue weighted by atomic mass is 9.63. The molecule has 0 rings (SSSR count). The quantitative estimate of drug-likeness (QED) is 0.633. The predicted molar refractivity (Wildman–Crippen MR) is 77.4 cm³/mol. The van der Waals surface area contributed by atoms with Gasteiger partial charge in [0.1, 0.15) is 0 Å². The molecule has 1 unspecified atom stereocenters. The molecule has 1 atom stereocenters. The number of hydrogen-bond donors (Lipinski definition) is 2. The number of carboxylic acid groups (broad SMARTS) is 2. The van der Waals surface area contributed by atoms with Gasteiger partial charge in [-0.05, 0) is 25.9 Å². The number of terminal acetylenes is 1. The number of rotatable bonds is 9. The van der Waals surface area contributed by atoms with E-state index in [0.717, 1.165) is 0 Å². The smallest absolute Gasteiger partial charge is 0.337 e. The van der Waals surface area contributed by atoms with Crippen molar-refractivity contribution in [3.8, 4) is 12.3 Å². The summed E-state index contributed by atoms with van der Waals surface area (Å²) in [6.45, 7) is 8.16. The van der Waals surface area contributed by atoms with Gasteiger partial charge in [-0.3, -0.25) is 9.69 Å². The van der Waals surface area contributed by atoms with Crippen LogP contribution in [-0.2, 0) is 9.59 Å². The lowest BCUT2D eigenvalue weighted by molar-refractivity contribution is -0.160.